The number of carbonyl (C=O) groups excluding carboxylic acids is 3. The normalized spacial score (nSPS) is 11.4. The molecule has 0 rings (SSSR count). The summed E-state index contributed by atoms with van der Waals surface area (Å²) in [7, 11) is 1.05. The lowest BCUT2D eigenvalue weighted by atomic mass is 9.95. The summed E-state index contributed by atoms with van der Waals surface area (Å²) >= 11 is 0. The van der Waals surface area contributed by atoms with E-state index in [1.165, 1.54) is 0 Å². The highest BCUT2D eigenvalue weighted by Gasteiger charge is 2.43. The minimum absolute atomic E-state index is 0.396. The van der Waals surface area contributed by atoms with Crippen molar-refractivity contribution in [2.24, 2.45) is 0 Å². The second kappa shape index (κ2) is 7.84. The van der Waals surface area contributed by atoms with Crippen LogP contribution in [0, 0.1) is 0 Å². The second-order valence-corrected chi connectivity index (χ2v) is 4.95. The van der Waals surface area contributed by atoms with Gasteiger partial charge in [-0.15, -0.1) is 0 Å². The fourth-order valence-corrected chi connectivity index (χ4v) is 1.48. The highest BCUT2D eigenvalue weighted by molar-refractivity contribution is 5.90. The topological polar surface area (TPSA) is 99.1 Å². The first kappa shape index (κ1) is 18.4. The van der Waals surface area contributed by atoms with Crippen LogP contribution in [-0.2, 0) is 28.6 Å². The minimum Gasteiger partial charge on any atom is -0.467 e. The van der Waals surface area contributed by atoms with Gasteiger partial charge in [-0.2, -0.15) is 0 Å². The molecular formula is C13H22O7. The maximum atomic E-state index is 11.6. The van der Waals surface area contributed by atoms with Crippen molar-refractivity contribution in [3.05, 3.63) is 0 Å². The van der Waals surface area contributed by atoms with Crippen LogP contribution in [0.4, 0.5) is 0 Å². The number of methoxy groups -OCH3 is 1. The second-order valence-electron chi connectivity index (χ2n) is 4.95. The van der Waals surface area contributed by atoms with Crippen LogP contribution < -0.4 is 0 Å². The number of rotatable bonds is 7. The summed E-state index contributed by atoms with van der Waals surface area (Å²) in [5, 5.41) is 10.2. The Balaban J connectivity index is 4.88. The molecule has 0 saturated carbocycles. The van der Waals surface area contributed by atoms with Crippen molar-refractivity contribution in [3.8, 4) is 0 Å². The Morgan fingerprint density at radius 3 is 1.55 bits per heavy atom. The Bertz CT molecular complexity index is 336. The van der Waals surface area contributed by atoms with Crippen LogP contribution in [0.1, 0.15) is 40.5 Å². The van der Waals surface area contributed by atoms with E-state index in [4.69, 9.17) is 9.47 Å². The van der Waals surface area contributed by atoms with E-state index in [9.17, 15) is 19.5 Å². The van der Waals surface area contributed by atoms with Crippen molar-refractivity contribution >= 4 is 17.9 Å². The summed E-state index contributed by atoms with van der Waals surface area (Å²) in [4.78, 5) is 34.7. The molecule has 1 N–H and O–H groups in total. The van der Waals surface area contributed by atoms with Crippen molar-refractivity contribution in [2.45, 2.75) is 58.3 Å². The number of ether oxygens (including phenoxy) is 3. The van der Waals surface area contributed by atoms with Gasteiger partial charge in [0.15, 0.2) is 5.60 Å². The number of esters is 3. The monoisotopic (exact) mass is 290 g/mol. The zero-order valence-corrected chi connectivity index (χ0v) is 12.5. The predicted molar refractivity (Wildman–Crippen MR) is 68.7 cm³/mol. The van der Waals surface area contributed by atoms with Gasteiger partial charge in [-0.05, 0) is 27.7 Å². The molecule has 0 aliphatic rings. The summed E-state index contributed by atoms with van der Waals surface area (Å²) in [5.74, 6) is -2.69. The predicted octanol–water partition coefficient (Wildman–Crippen LogP) is 0.574. The fraction of sp³-hybridized carbons (Fsp3) is 0.769. The van der Waals surface area contributed by atoms with E-state index >= 15 is 0 Å². The molecule has 0 aliphatic carbocycles. The molecule has 0 aliphatic heterocycles. The van der Waals surface area contributed by atoms with Crippen LogP contribution in [0.2, 0.25) is 0 Å². The first-order valence-corrected chi connectivity index (χ1v) is 6.30. The van der Waals surface area contributed by atoms with Crippen molar-refractivity contribution in [3.63, 3.8) is 0 Å². The van der Waals surface area contributed by atoms with Crippen LogP contribution in [0.3, 0.4) is 0 Å². The standard InChI is InChI=1S/C13H22O7/c1-8(2)19-10(14)6-13(17,12(16)18-5)7-11(15)20-9(3)4/h8-9,17H,6-7H2,1-5H3. The zero-order chi connectivity index (χ0) is 15.9. The summed E-state index contributed by atoms with van der Waals surface area (Å²) in [6.07, 6.45) is -2.14. The minimum atomic E-state index is -2.29. The third kappa shape index (κ3) is 6.51. The van der Waals surface area contributed by atoms with E-state index in [2.05, 4.69) is 4.74 Å². The average Bonchev–Trinajstić information content (AvgIpc) is 2.24. The van der Waals surface area contributed by atoms with E-state index in [1.54, 1.807) is 27.7 Å². The van der Waals surface area contributed by atoms with Gasteiger partial charge in [0.2, 0.25) is 0 Å². The largest absolute Gasteiger partial charge is 0.467 e. The number of carbonyl (C=O) groups is 3. The maximum Gasteiger partial charge on any atom is 0.339 e. The summed E-state index contributed by atoms with van der Waals surface area (Å²) < 4.78 is 14.1. The lowest BCUT2D eigenvalue weighted by Crippen LogP contribution is -2.44. The summed E-state index contributed by atoms with van der Waals surface area (Å²) in [6, 6.07) is 0. The van der Waals surface area contributed by atoms with E-state index in [0.29, 0.717) is 0 Å². The number of hydrogen-bond donors (Lipinski definition) is 1. The third-order valence-electron chi connectivity index (χ3n) is 2.17. The fourth-order valence-electron chi connectivity index (χ4n) is 1.48. The van der Waals surface area contributed by atoms with Gasteiger partial charge < -0.3 is 19.3 Å². The molecule has 7 heteroatoms. The molecule has 0 saturated heterocycles. The van der Waals surface area contributed by atoms with Crippen molar-refractivity contribution in [1.82, 2.24) is 0 Å². The molecule has 0 aromatic heterocycles. The zero-order valence-electron chi connectivity index (χ0n) is 12.5. The van der Waals surface area contributed by atoms with Crippen LogP contribution in [0.25, 0.3) is 0 Å². The Morgan fingerprint density at radius 2 is 1.30 bits per heavy atom. The molecule has 0 amide bonds. The van der Waals surface area contributed by atoms with Crippen LogP contribution in [-0.4, -0.2) is 47.9 Å². The Labute approximate surface area is 118 Å². The smallest absolute Gasteiger partial charge is 0.339 e. The molecule has 0 aromatic rings. The van der Waals surface area contributed by atoms with Gasteiger partial charge >= 0.3 is 17.9 Å². The molecule has 116 valence electrons. The third-order valence-corrected chi connectivity index (χ3v) is 2.17. The van der Waals surface area contributed by atoms with Gasteiger partial charge in [-0.1, -0.05) is 0 Å². The molecule has 0 aromatic carbocycles. The van der Waals surface area contributed by atoms with Crippen LogP contribution >= 0.6 is 0 Å². The molecule has 20 heavy (non-hydrogen) atoms. The van der Waals surface area contributed by atoms with Crippen LogP contribution in [0.5, 0.6) is 0 Å². The van der Waals surface area contributed by atoms with Gasteiger partial charge in [-0.3, -0.25) is 9.59 Å². The van der Waals surface area contributed by atoms with Crippen molar-refractivity contribution < 1.29 is 33.7 Å². The van der Waals surface area contributed by atoms with E-state index in [-0.39, 0.29) is 0 Å². The van der Waals surface area contributed by atoms with Crippen molar-refractivity contribution in [2.75, 3.05) is 7.11 Å². The first-order chi connectivity index (χ1) is 9.10. The number of hydrogen-bond acceptors (Lipinski definition) is 7. The first-order valence-electron chi connectivity index (χ1n) is 6.30. The van der Waals surface area contributed by atoms with E-state index in [1.807, 2.05) is 0 Å². The summed E-state index contributed by atoms with van der Waals surface area (Å²) in [5.41, 5.74) is -2.29. The highest BCUT2D eigenvalue weighted by atomic mass is 16.6. The van der Waals surface area contributed by atoms with E-state index < -0.39 is 48.6 Å². The Hall–Kier alpha value is -1.63. The quantitative estimate of drug-likeness (QED) is 0.540. The highest BCUT2D eigenvalue weighted by Crippen LogP contribution is 2.20. The van der Waals surface area contributed by atoms with Crippen molar-refractivity contribution in [1.29, 1.82) is 0 Å². The molecular weight excluding hydrogens is 268 g/mol. The number of aliphatic hydroxyl groups is 1. The van der Waals surface area contributed by atoms with Gasteiger partial charge in [0.25, 0.3) is 0 Å². The molecule has 0 fully saturated rings. The van der Waals surface area contributed by atoms with E-state index in [0.717, 1.165) is 7.11 Å². The molecule has 0 bridgehead atoms. The van der Waals surface area contributed by atoms with Gasteiger partial charge in [0.05, 0.1) is 32.2 Å². The molecule has 0 atom stereocenters. The molecule has 0 spiro atoms. The lowest BCUT2D eigenvalue weighted by Gasteiger charge is -2.24. The van der Waals surface area contributed by atoms with Gasteiger partial charge in [0, 0.05) is 0 Å². The molecule has 0 heterocycles. The molecule has 7 nitrogen and oxygen atoms in total. The lowest BCUT2D eigenvalue weighted by molar-refractivity contribution is -0.177. The molecule has 0 radical (unpaired) electrons. The SMILES string of the molecule is COC(=O)C(O)(CC(=O)OC(C)C)CC(=O)OC(C)C. The Kier molecular flexibility index (Phi) is 7.20. The van der Waals surface area contributed by atoms with Gasteiger partial charge in [0.1, 0.15) is 0 Å². The van der Waals surface area contributed by atoms with Crippen LogP contribution in [0.15, 0.2) is 0 Å². The molecule has 0 unspecified atom stereocenters. The average molecular weight is 290 g/mol. The Morgan fingerprint density at radius 1 is 0.950 bits per heavy atom. The van der Waals surface area contributed by atoms with Gasteiger partial charge in [-0.25, -0.2) is 4.79 Å². The maximum absolute atomic E-state index is 11.6. The summed E-state index contributed by atoms with van der Waals surface area (Å²) in [6.45, 7) is 6.51.